The number of carbonyl (C=O) groups excluding carboxylic acids is 1. The van der Waals surface area contributed by atoms with Gasteiger partial charge in [-0.3, -0.25) is 9.69 Å². The number of fused-ring (bicyclic) bond motifs is 1. The third-order valence-corrected chi connectivity index (χ3v) is 6.99. The van der Waals surface area contributed by atoms with Gasteiger partial charge in [0.15, 0.2) is 0 Å². The molecule has 1 amide bonds. The third kappa shape index (κ3) is 4.00. The summed E-state index contributed by atoms with van der Waals surface area (Å²) in [6, 6.07) is 21.0. The summed E-state index contributed by atoms with van der Waals surface area (Å²) in [6.45, 7) is 5.49. The largest absolute Gasteiger partial charge is 0.467 e. The van der Waals surface area contributed by atoms with Crippen LogP contribution in [0.3, 0.4) is 0 Å². The van der Waals surface area contributed by atoms with E-state index in [-0.39, 0.29) is 18.5 Å². The number of nitrogens with zero attached hydrogens (tertiary/aromatic N) is 3. The zero-order valence-corrected chi connectivity index (χ0v) is 19.5. The first-order valence-electron chi connectivity index (χ1n) is 11.7. The second-order valence-corrected chi connectivity index (χ2v) is 8.96. The van der Waals surface area contributed by atoms with Gasteiger partial charge >= 0.3 is 0 Å². The van der Waals surface area contributed by atoms with Crippen LogP contribution in [-0.4, -0.2) is 28.5 Å². The predicted molar refractivity (Wildman–Crippen MR) is 133 cm³/mol. The molecule has 5 rings (SSSR count). The zero-order valence-electron chi connectivity index (χ0n) is 19.5. The van der Waals surface area contributed by atoms with E-state index in [0.29, 0.717) is 17.9 Å². The Balaban J connectivity index is 1.39. The molecule has 1 aliphatic heterocycles. The Kier molecular flexibility index (Phi) is 5.95. The Morgan fingerprint density at radius 1 is 1.15 bits per heavy atom. The highest BCUT2D eigenvalue weighted by molar-refractivity contribution is 5.93. The number of furan rings is 1. The van der Waals surface area contributed by atoms with Gasteiger partial charge in [0, 0.05) is 11.7 Å². The SMILES string of the molecule is Cc1c(C#N)c(NC(=O)CN2CCCC2c2cccc3ccccc23)n(Cc2ccco2)c1C. The maximum absolute atomic E-state index is 13.3. The van der Waals surface area contributed by atoms with Crippen molar-refractivity contribution in [3.63, 3.8) is 0 Å². The van der Waals surface area contributed by atoms with Gasteiger partial charge in [-0.2, -0.15) is 5.26 Å². The summed E-state index contributed by atoms with van der Waals surface area (Å²) in [6.07, 6.45) is 3.71. The van der Waals surface area contributed by atoms with Crippen molar-refractivity contribution >= 4 is 22.5 Å². The number of likely N-dealkylation sites (tertiary alicyclic amines) is 1. The molecule has 4 aromatic rings. The normalized spacial score (nSPS) is 16.1. The number of amides is 1. The summed E-state index contributed by atoms with van der Waals surface area (Å²) in [5, 5.41) is 15.3. The van der Waals surface area contributed by atoms with E-state index in [2.05, 4.69) is 58.8 Å². The standard InChI is InChI=1S/C28H28N4O2/c1-19-20(2)32(17-22-10-7-15-34-22)28(25(19)16-29)30-27(33)18-31-14-6-13-26(31)24-12-5-9-21-8-3-4-11-23(21)24/h3-5,7-12,15,26H,6,13-14,17-18H2,1-2H3,(H,30,33). The number of aromatic nitrogens is 1. The number of hydrogen-bond donors (Lipinski definition) is 1. The molecule has 34 heavy (non-hydrogen) atoms. The van der Waals surface area contributed by atoms with Crippen molar-refractivity contribution in [1.29, 1.82) is 5.26 Å². The monoisotopic (exact) mass is 452 g/mol. The molecular formula is C28H28N4O2. The first kappa shape index (κ1) is 22.0. The van der Waals surface area contributed by atoms with E-state index in [1.807, 2.05) is 30.5 Å². The Bertz CT molecular complexity index is 1370. The van der Waals surface area contributed by atoms with E-state index < -0.39 is 0 Å². The molecule has 1 aliphatic rings. The highest BCUT2D eigenvalue weighted by Gasteiger charge is 2.29. The molecule has 3 heterocycles. The Morgan fingerprint density at radius 3 is 2.76 bits per heavy atom. The van der Waals surface area contributed by atoms with Gasteiger partial charge in [0.2, 0.25) is 5.91 Å². The zero-order chi connectivity index (χ0) is 23.7. The van der Waals surface area contributed by atoms with E-state index in [0.717, 1.165) is 36.4 Å². The van der Waals surface area contributed by atoms with Crippen molar-refractivity contribution in [2.24, 2.45) is 0 Å². The molecule has 2 aromatic heterocycles. The lowest BCUT2D eigenvalue weighted by Gasteiger charge is -2.25. The van der Waals surface area contributed by atoms with Crippen molar-refractivity contribution in [3.05, 3.63) is 89.0 Å². The van der Waals surface area contributed by atoms with Gasteiger partial charge in [-0.15, -0.1) is 0 Å². The number of nitrogens with one attached hydrogen (secondary N) is 1. The van der Waals surface area contributed by atoms with Gasteiger partial charge < -0.3 is 14.3 Å². The van der Waals surface area contributed by atoms with Crippen LogP contribution < -0.4 is 5.32 Å². The van der Waals surface area contributed by atoms with Crippen molar-refractivity contribution in [2.45, 2.75) is 39.3 Å². The van der Waals surface area contributed by atoms with Gasteiger partial charge in [0.1, 0.15) is 17.6 Å². The third-order valence-electron chi connectivity index (χ3n) is 6.99. The van der Waals surface area contributed by atoms with E-state index >= 15 is 0 Å². The second kappa shape index (κ2) is 9.20. The Labute approximate surface area is 199 Å². The number of rotatable bonds is 6. The summed E-state index contributed by atoms with van der Waals surface area (Å²) < 4.78 is 7.47. The minimum Gasteiger partial charge on any atom is -0.467 e. The van der Waals surface area contributed by atoms with E-state index in [9.17, 15) is 10.1 Å². The predicted octanol–water partition coefficient (Wildman–Crippen LogP) is 5.55. The molecule has 0 bridgehead atoms. The highest BCUT2D eigenvalue weighted by atomic mass is 16.3. The van der Waals surface area contributed by atoms with E-state index in [4.69, 9.17) is 4.42 Å². The topological polar surface area (TPSA) is 74.2 Å². The maximum Gasteiger partial charge on any atom is 0.239 e. The summed E-state index contributed by atoms with van der Waals surface area (Å²) in [5.41, 5.74) is 3.59. The van der Waals surface area contributed by atoms with E-state index in [1.165, 1.54) is 16.3 Å². The van der Waals surface area contributed by atoms with Crippen molar-refractivity contribution in [3.8, 4) is 6.07 Å². The van der Waals surface area contributed by atoms with Crippen molar-refractivity contribution in [1.82, 2.24) is 9.47 Å². The van der Waals surface area contributed by atoms with Gasteiger partial charge in [0.05, 0.1) is 24.9 Å². The molecule has 1 fully saturated rings. The van der Waals surface area contributed by atoms with Crippen LogP contribution in [-0.2, 0) is 11.3 Å². The quantitative estimate of drug-likeness (QED) is 0.416. The van der Waals surface area contributed by atoms with Crippen LogP contribution in [0.2, 0.25) is 0 Å². The molecule has 6 nitrogen and oxygen atoms in total. The van der Waals surface area contributed by atoms with Gasteiger partial charge in [-0.25, -0.2) is 0 Å². The fourth-order valence-electron chi connectivity index (χ4n) is 5.15. The number of nitriles is 1. The van der Waals surface area contributed by atoms with Crippen LogP contribution >= 0.6 is 0 Å². The number of carbonyl (C=O) groups is 1. The molecular weight excluding hydrogens is 424 g/mol. The number of anilines is 1. The molecule has 2 aromatic carbocycles. The summed E-state index contributed by atoms with van der Waals surface area (Å²) in [4.78, 5) is 15.5. The fourth-order valence-corrected chi connectivity index (χ4v) is 5.15. The lowest BCUT2D eigenvalue weighted by Crippen LogP contribution is -2.33. The van der Waals surface area contributed by atoms with Crippen LogP contribution in [0.4, 0.5) is 5.82 Å². The summed E-state index contributed by atoms with van der Waals surface area (Å²) in [5.74, 6) is 1.20. The molecule has 1 N–H and O–H groups in total. The fraction of sp³-hybridized carbons (Fsp3) is 0.286. The number of hydrogen-bond acceptors (Lipinski definition) is 4. The van der Waals surface area contributed by atoms with E-state index in [1.54, 1.807) is 6.26 Å². The molecule has 1 unspecified atom stereocenters. The van der Waals surface area contributed by atoms with Gasteiger partial charge in [-0.1, -0.05) is 42.5 Å². The molecule has 1 atom stereocenters. The minimum atomic E-state index is -0.109. The van der Waals surface area contributed by atoms with Crippen LogP contribution in [0.25, 0.3) is 10.8 Å². The highest BCUT2D eigenvalue weighted by Crippen LogP contribution is 2.36. The number of benzene rings is 2. The molecule has 172 valence electrons. The van der Waals surface area contributed by atoms with Crippen LogP contribution in [0.1, 0.15) is 47.0 Å². The molecule has 1 saturated heterocycles. The lowest BCUT2D eigenvalue weighted by molar-refractivity contribution is -0.117. The summed E-state index contributed by atoms with van der Waals surface area (Å²) >= 11 is 0. The Hall–Kier alpha value is -3.82. The van der Waals surface area contributed by atoms with Crippen LogP contribution in [0.5, 0.6) is 0 Å². The first-order chi connectivity index (χ1) is 16.6. The smallest absolute Gasteiger partial charge is 0.239 e. The van der Waals surface area contributed by atoms with Gasteiger partial charge in [-0.05, 0) is 67.3 Å². The maximum atomic E-state index is 13.3. The lowest BCUT2D eigenvalue weighted by atomic mass is 9.97. The first-order valence-corrected chi connectivity index (χ1v) is 11.7. The molecule has 0 radical (unpaired) electrons. The molecule has 6 heteroatoms. The average Bonchev–Trinajstić information content (AvgIpc) is 3.57. The Morgan fingerprint density at radius 2 is 1.97 bits per heavy atom. The second-order valence-electron chi connectivity index (χ2n) is 8.96. The molecule has 0 saturated carbocycles. The van der Waals surface area contributed by atoms with Crippen molar-refractivity contribution in [2.75, 3.05) is 18.4 Å². The average molecular weight is 453 g/mol. The minimum absolute atomic E-state index is 0.109. The van der Waals surface area contributed by atoms with Gasteiger partial charge in [0.25, 0.3) is 0 Å². The molecule has 0 spiro atoms. The van der Waals surface area contributed by atoms with Crippen LogP contribution in [0, 0.1) is 25.2 Å². The van der Waals surface area contributed by atoms with Crippen molar-refractivity contribution < 1.29 is 9.21 Å². The summed E-state index contributed by atoms with van der Waals surface area (Å²) in [7, 11) is 0. The molecule has 0 aliphatic carbocycles. The van der Waals surface area contributed by atoms with Crippen LogP contribution in [0.15, 0.2) is 65.3 Å².